The summed E-state index contributed by atoms with van der Waals surface area (Å²) in [6.45, 7) is 5.27. The number of hydrogen-bond acceptors (Lipinski definition) is 1. The molecule has 0 spiro atoms. The lowest BCUT2D eigenvalue weighted by atomic mass is 10.0. The average Bonchev–Trinajstić information content (AvgIpc) is 2.26. The number of allylic oxidation sites excluding steroid dienone is 2. The minimum Gasteiger partial charge on any atom is -0.295 e. The lowest BCUT2D eigenvalue weighted by Crippen LogP contribution is -1.92. The molecule has 78 valence electrons. The topological polar surface area (TPSA) is 17.1 Å². The van der Waals surface area contributed by atoms with Gasteiger partial charge in [0.15, 0.2) is 5.78 Å². The quantitative estimate of drug-likeness (QED) is 0.589. The first kappa shape index (κ1) is 11.9. The average molecular weight is 265 g/mol. The molecule has 0 aliphatic carbocycles. The van der Waals surface area contributed by atoms with Gasteiger partial charge in [-0.25, -0.2) is 0 Å². The highest BCUT2D eigenvalue weighted by molar-refractivity contribution is 9.11. The van der Waals surface area contributed by atoms with E-state index in [1.807, 2.05) is 35.3 Å². The molecule has 0 atom stereocenters. The highest BCUT2D eigenvalue weighted by Gasteiger charge is 2.01. The molecule has 0 aliphatic rings. The highest BCUT2D eigenvalue weighted by Crippen LogP contribution is 2.20. The van der Waals surface area contributed by atoms with Crippen LogP contribution in [-0.4, -0.2) is 5.78 Å². The first-order chi connectivity index (χ1) is 7.19. The zero-order valence-corrected chi connectivity index (χ0v) is 10.3. The van der Waals surface area contributed by atoms with E-state index in [4.69, 9.17) is 0 Å². The highest BCUT2D eigenvalue weighted by atomic mass is 79.9. The maximum absolute atomic E-state index is 11.1. The molecule has 0 heterocycles. The van der Waals surface area contributed by atoms with E-state index in [2.05, 4.69) is 22.5 Å². The van der Waals surface area contributed by atoms with Crippen molar-refractivity contribution < 1.29 is 4.79 Å². The summed E-state index contributed by atoms with van der Waals surface area (Å²) in [5, 5.41) is 0. The number of rotatable bonds is 4. The van der Waals surface area contributed by atoms with E-state index >= 15 is 0 Å². The summed E-state index contributed by atoms with van der Waals surface area (Å²) in [5.74, 6) is 0.0923. The van der Waals surface area contributed by atoms with Crippen LogP contribution in [0, 0.1) is 0 Å². The molecule has 0 aliphatic heterocycles. The van der Waals surface area contributed by atoms with Crippen LogP contribution in [0.1, 0.15) is 29.3 Å². The maximum Gasteiger partial charge on any atom is 0.159 e. The molecular formula is C13H13BrO. The van der Waals surface area contributed by atoms with Crippen LogP contribution in [0.3, 0.4) is 0 Å². The Hall–Kier alpha value is -1.15. The molecule has 0 saturated carbocycles. The molecule has 15 heavy (non-hydrogen) atoms. The van der Waals surface area contributed by atoms with E-state index in [9.17, 15) is 4.79 Å². The summed E-state index contributed by atoms with van der Waals surface area (Å²) in [6, 6.07) is 7.59. The molecule has 0 radical (unpaired) electrons. The summed E-state index contributed by atoms with van der Waals surface area (Å²) in [4.78, 5) is 13.0. The molecule has 0 N–H and O–H groups in total. The van der Waals surface area contributed by atoms with Gasteiger partial charge in [-0.05, 0) is 29.5 Å². The number of benzene rings is 1. The molecule has 0 fully saturated rings. The number of carbonyl (C=O) groups excluding carboxylic acids is 1. The Labute approximate surface area is 98.6 Å². The van der Waals surface area contributed by atoms with Gasteiger partial charge in [0.2, 0.25) is 0 Å². The van der Waals surface area contributed by atoms with Gasteiger partial charge in [-0.3, -0.25) is 4.79 Å². The van der Waals surface area contributed by atoms with Crippen molar-refractivity contribution in [2.45, 2.75) is 13.3 Å². The van der Waals surface area contributed by atoms with Crippen LogP contribution >= 0.6 is 15.9 Å². The van der Waals surface area contributed by atoms with E-state index < -0.39 is 0 Å². The molecule has 1 rings (SSSR count). The Balaban J connectivity index is 2.97. The van der Waals surface area contributed by atoms with Crippen molar-refractivity contribution in [1.29, 1.82) is 0 Å². The van der Waals surface area contributed by atoms with Crippen LogP contribution < -0.4 is 0 Å². The SMILES string of the molecule is C=CC/C(=C/Br)c1ccc(C(C)=O)cc1. The molecule has 0 bridgehead atoms. The summed E-state index contributed by atoms with van der Waals surface area (Å²) >= 11 is 3.32. The Bertz CT molecular complexity index is 388. The fraction of sp³-hybridized carbons (Fsp3) is 0.154. The first-order valence-electron chi connectivity index (χ1n) is 4.70. The summed E-state index contributed by atoms with van der Waals surface area (Å²) < 4.78 is 0. The Morgan fingerprint density at radius 1 is 1.33 bits per heavy atom. The number of carbonyl (C=O) groups is 1. The minimum absolute atomic E-state index is 0.0923. The van der Waals surface area contributed by atoms with E-state index in [0.717, 1.165) is 23.1 Å². The Morgan fingerprint density at radius 2 is 1.87 bits per heavy atom. The molecule has 0 aromatic heterocycles. The van der Waals surface area contributed by atoms with Gasteiger partial charge in [-0.15, -0.1) is 6.58 Å². The van der Waals surface area contributed by atoms with Gasteiger partial charge in [0.25, 0.3) is 0 Å². The molecular weight excluding hydrogens is 252 g/mol. The van der Waals surface area contributed by atoms with Crippen LogP contribution in [0.4, 0.5) is 0 Å². The van der Waals surface area contributed by atoms with Gasteiger partial charge >= 0.3 is 0 Å². The van der Waals surface area contributed by atoms with Crippen LogP contribution in [0.2, 0.25) is 0 Å². The fourth-order valence-electron chi connectivity index (χ4n) is 1.30. The summed E-state index contributed by atoms with van der Waals surface area (Å²) in [6.07, 6.45) is 2.66. The number of hydrogen-bond donors (Lipinski definition) is 0. The zero-order valence-electron chi connectivity index (χ0n) is 8.66. The van der Waals surface area contributed by atoms with Crippen molar-refractivity contribution in [3.63, 3.8) is 0 Å². The van der Waals surface area contributed by atoms with Crippen LogP contribution in [0.5, 0.6) is 0 Å². The minimum atomic E-state index is 0.0923. The number of Topliss-reactive ketones (excluding diaryl/α,β-unsaturated/α-hetero) is 1. The van der Waals surface area contributed by atoms with Gasteiger partial charge < -0.3 is 0 Å². The van der Waals surface area contributed by atoms with E-state index in [1.54, 1.807) is 6.92 Å². The predicted molar refractivity (Wildman–Crippen MR) is 68.2 cm³/mol. The molecule has 1 aromatic carbocycles. The van der Waals surface area contributed by atoms with Crippen molar-refractivity contribution in [2.24, 2.45) is 0 Å². The molecule has 1 nitrogen and oxygen atoms in total. The van der Waals surface area contributed by atoms with Crippen LogP contribution in [-0.2, 0) is 0 Å². The molecule has 0 amide bonds. The monoisotopic (exact) mass is 264 g/mol. The standard InChI is InChI=1S/C13H13BrO/c1-3-4-13(9-14)12-7-5-11(6-8-12)10(2)15/h3,5-9H,1,4H2,2H3/b13-9-. The Morgan fingerprint density at radius 3 is 2.27 bits per heavy atom. The van der Waals surface area contributed by atoms with Crippen molar-refractivity contribution in [1.82, 2.24) is 0 Å². The predicted octanol–water partition coefficient (Wildman–Crippen LogP) is 4.20. The first-order valence-corrected chi connectivity index (χ1v) is 5.62. The molecule has 0 unspecified atom stereocenters. The molecule has 2 heteroatoms. The van der Waals surface area contributed by atoms with Crippen LogP contribution in [0.25, 0.3) is 5.57 Å². The van der Waals surface area contributed by atoms with Crippen molar-refractivity contribution in [3.05, 3.63) is 53.0 Å². The van der Waals surface area contributed by atoms with E-state index in [0.29, 0.717) is 0 Å². The van der Waals surface area contributed by atoms with Crippen molar-refractivity contribution >= 4 is 27.3 Å². The van der Waals surface area contributed by atoms with Gasteiger partial charge in [0.05, 0.1) is 0 Å². The second kappa shape index (κ2) is 5.66. The third-order valence-corrected chi connectivity index (χ3v) is 2.71. The lowest BCUT2D eigenvalue weighted by Gasteiger charge is -2.04. The van der Waals surface area contributed by atoms with Crippen molar-refractivity contribution in [2.75, 3.05) is 0 Å². The maximum atomic E-state index is 11.1. The summed E-state index contributed by atoms with van der Waals surface area (Å²) in [7, 11) is 0. The van der Waals surface area contributed by atoms with E-state index in [1.165, 1.54) is 0 Å². The van der Waals surface area contributed by atoms with E-state index in [-0.39, 0.29) is 5.78 Å². The van der Waals surface area contributed by atoms with Crippen molar-refractivity contribution in [3.8, 4) is 0 Å². The normalized spacial score (nSPS) is 11.2. The third-order valence-electron chi connectivity index (χ3n) is 2.16. The van der Waals surface area contributed by atoms with Gasteiger partial charge in [-0.1, -0.05) is 46.3 Å². The smallest absolute Gasteiger partial charge is 0.159 e. The van der Waals surface area contributed by atoms with Gasteiger partial charge in [0.1, 0.15) is 0 Å². The second-order valence-electron chi connectivity index (χ2n) is 3.26. The number of halogens is 1. The molecule has 1 aromatic rings. The zero-order chi connectivity index (χ0) is 11.3. The lowest BCUT2D eigenvalue weighted by molar-refractivity contribution is 0.101. The van der Waals surface area contributed by atoms with Crippen LogP contribution in [0.15, 0.2) is 41.9 Å². The van der Waals surface area contributed by atoms with Gasteiger partial charge in [0, 0.05) is 5.56 Å². The summed E-state index contributed by atoms with van der Waals surface area (Å²) in [5.41, 5.74) is 3.00. The van der Waals surface area contributed by atoms with Gasteiger partial charge in [-0.2, -0.15) is 0 Å². The number of ketones is 1. The third kappa shape index (κ3) is 3.17. The largest absolute Gasteiger partial charge is 0.295 e. The second-order valence-corrected chi connectivity index (χ2v) is 3.72. The Kier molecular flexibility index (Phi) is 4.50. The fourth-order valence-corrected chi connectivity index (χ4v) is 1.75. The molecule has 0 saturated heterocycles.